The fraction of sp³-hybridized carbons (Fsp3) is 0.455. The van der Waals surface area contributed by atoms with Gasteiger partial charge in [0.2, 0.25) is 5.91 Å². The predicted octanol–water partition coefficient (Wildman–Crippen LogP) is 1.30. The monoisotopic (exact) mass is 208 g/mol. The summed E-state index contributed by atoms with van der Waals surface area (Å²) < 4.78 is 5.01. The number of pyridine rings is 1. The van der Waals surface area contributed by atoms with E-state index in [1.807, 2.05) is 26.0 Å². The van der Waals surface area contributed by atoms with Gasteiger partial charge in [-0.2, -0.15) is 0 Å². The van der Waals surface area contributed by atoms with Crippen molar-refractivity contribution in [2.24, 2.45) is 0 Å². The van der Waals surface area contributed by atoms with E-state index in [-0.39, 0.29) is 18.6 Å². The Hall–Kier alpha value is -1.42. The topological polar surface area (TPSA) is 51.2 Å². The van der Waals surface area contributed by atoms with Crippen molar-refractivity contribution >= 4 is 5.91 Å². The lowest BCUT2D eigenvalue weighted by Gasteiger charge is -2.13. The van der Waals surface area contributed by atoms with Crippen LogP contribution in [0.15, 0.2) is 24.5 Å². The molecule has 0 bridgehead atoms. The van der Waals surface area contributed by atoms with E-state index in [2.05, 4.69) is 10.3 Å². The van der Waals surface area contributed by atoms with Crippen LogP contribution >= 0.6 is 0 Å². The first kappa shape index (κ1) is 11.7. The summed E-state index contributed by atoms with van der Waals surface area (Å²) in [6.45, 7) is 4.46. The summed E-state index contributed by atoms with van der Waals surface area (Å²) >= 11 is 0. The summed E-state index contributed by atoms with van der Waals surface area (Å²) in [5, 5.41) is 2.84. The van der Waals surface area contributed by atoms with Gasteiger partial charge in [-0.15, -0.1) is 0 Å². The standard InChI is InChI=1S/C11H16N2O2/c1-3-15-8-11(14)13-9(2)10-4-6-12-7-5-10/h4-7,9H,3,8H2,1-2H3,(H,13,14)/t9-/m1/s1. The van der Waals surface area contributed by atoms with Gasteiger partial charge in [-0.1, -0.05) is 0 Å². The van der Waals surface area contributed by atoms with Crippen LogP contribution in [0.3, 0.4) is 0 Å². The molecule has 1 heterocycles. The molecule has 82 valence electrons. The van der Waals surface area contributed by atoms with Gasteiger partial charge in [0.05, 0.1) is 6.04 Å². The molecule has 1 N–H and O–H groups in total. The number of carbonyl (C=O) groups excluding carboxylic acids is 1. The molecule has 15 heavy (non-hydrogen) atoms. The summed E-state index contributed by atoms with van der Waals surface area (Å²) in [5.74, 6) is -0.0961. The molecule has 1 rings (SSSR count). The van der Waals surface area contributed by atoms with Crippen molar-refractivity contribution in [3.05, 3.63) is 30.1 Å². The molecule has 1 amide bonds. The highest BCUT2D eigenvalue weighted by molar-refractivity contribution is 5.77. The number of nitrogens with one attached hydrogen (secondary N) is 1. The van der Waals surface area contributed by atoms with Gasteiger partial charge < -0.3 is 10.1 Å². The minimum Gasteiger partial charge on any atom is -0.372 e. The van der Waals surface area contributed by atoms with E-state index in [9.17, 15) is 4.79 Å². The van der Waals surface area contributed by atoms with Gasteiger partial charge in [0.1, 0.15) is 6.61 Å². The molecule has 0 unspecified atom stereocenters. The molecule has 4 nitrogen and oxygen atoms in total. The molecule has 0 aliphatic carbocycles. The van der Waals surface area contributed by atoms with Crippen LogP contribution in [0, 0.1) is 0 Å². The SMILES string of the molecule is CCOCC(=O)N[C@H](C)c1ccncc1. The number of rotatable bonds is 5. The van der Waals surface area contributed by atoms with E-state index >= 15 is 0 Å². The normalized spacial score (nSPS) is 12.1. The molecule has 0 aliphatic rings. The molecule has 1 atom stereocenters. The molecule has 0 fully saturated rings. The Morgan fingerprint density at radius 3 is 2.80 bits per heavy atom. The first-order valence-electron chi connectivity index (χ1n) is 5.01. The molecule has 0 spiro atoms. The van der Waals surface area contributed by atoms with Gasteiger partial charge in [-0.3, -0.25) is 9.78 Å². The van der Waals surface area contributed by atoms with Crippen LogP contribution in [-0.4, -0.2) is 24.1 Å². The molecule has 0 radical (unpaired) electrons. The number of aromatic nitrogens is 1. The summed E-state index contributed by atoms with van der Waals surface area (Å²) in [6, 6.07) is 3.75. The Labute approximate surface area is 89.7 Å². The second-order valence-electron chi connectivity index (χ2n) is 3.21. The van der Waals surface area contributed by atoms with Crippen LogP contribution < -0.4 is 5.32 Å². The maximum atomic E-state index is 11.3. The highest BCUT2D eigenvalue weighted by Crippen LogP contribution is 2.09. The van der Waals surface area contributed by atoms with Gasteiger partial charge in [0, 0.05) is 19.0 Å². The Morgan fingerprint density at radius 2 is 2.20 bits per heavy atom. The summed E-state index contributed by atoms with van der Waals surface area (Å²) in [7, 11) is 0. The lowest BCUT2D eigenvalue weighted by molar-refractivity contribution is -0.126. The maximum absolute atomic E-state index is 11.3. The molecular weight excluding hydrogens is 192 g/mol. The number of amides is 1. The van der Waals surface area contributed by atoms with Gasteiger partial charge in [0.25, 0.3) is 0 Å². The lowest BCUT2D eigenvalue weighted by atomic mass is 10.1. The van der Waals surface area contributed by atoms with Crippen molar-refractivity contribution in [2.75, 3.05) is 13.2 Å². The summed E-state index contributed by atoms with van der Waals surface area (Å²) in [4.78, 5) is 15.3. The van der Waals surface area contributed by atoms with Crippen LogP contribution in [0.25, 0.3) is 0 Å². The highest BCUT2D eigenvalue weighted by atomic mass is 16.5. The minimum atomic E-state index is -0.0961. The highest BCUT2D eigenvalue weighted by Gasteiger charge is 2.08. The van der Waals surface area contributed by atoms with E-state index < -0.39 is 0 Å². The van der Waals surface area contributed by atoms with Crippen LogP contribution in [0.5, 0.6) is 0 Å². The van der Waals surface area contributed by atoms with Crippen LogP contribution in [0.2, 0.25) is 0 Å². The zero-order valence-corrected chi connectivity index (χ0v) is 9.06. The average Bonchev–Trinajstić information content (AvgIpc) is 2.27. The molecule has 1 aromatic rings. The van der Waals surface area contributed by atoms with Crippen LogP contribution in [0.1, 0.15) is 25.5 Å². The quantitative estimate of drug-likeness (QED) is 0.793. The Bertz CT molecular complexity index is 301. The van der Waals surface area contributed by atoms with Gasteiger partial charge in [0.15, 0.2) is 0 Å². The molecular formula is C11H16N2O2. The van der Waals surface area contributed by atoms with E-state index in [0.29, 0.717) is 6.61 Å². The van der Waals surface area contributed by atoms with E-state index in [1.54, 1.807) is 12.4 Å². The van der Waals surface area contributed by atoms with E-state index in [4.69, 9.17) is 4.74 Å². The van der Waals surface area contributed by atoms with Crippen molar-refractivity contribution in [3.8, 4) is 0 Å². The second kappa shape index (κ2) is 6.14. The van der Waals surface area contributed by atoms with Crippen LogP contribution in [-0.2, 0) is 9.53 Å². The van der Waals surface area contributed by atoms with E-state index in [0.717, 1.165) is 5.56 Å². The van der Waals surface area contributed by atoms with E-state index in [1.165, 1.54) is 0 Å². The fourth-order valence-electron chi connectivity index (χ4n) is 1.21. The summed E-state index contributed by atoms with van der Waals surface area (Å²) in [5.41, 5.74) is 1.04. The Balaban J connectivity index is 2.42. The smallest absolute Gasteiger partial charge is 0.246 e. The zero-order chi connectivity index (χ0) is 11.1. The lowest BCUT2D eigenvalue weighted by Crippen LogP contribution is -2.30. The largest absolute Gasteiger partial charge is 0.372 e. The van der Waals surface area contributed by atoms with Crippen molar-refractivity contribution in [1.29, 1.82) is 0 Å². The Kier molecular flexibility index (Phi) is 4.77. The Morgan fingerprint density at radius 1 is 1.53 bits per heavy atom. The average molecular weight is 208 g/mol. The fourth-order valence-corrected chi connectivity index (χ4v) is 1.21. The maximum Gasteiger partial charge on any atom is 0.246 e. The predicted molar refractivity (Wildman–Crippen MR) is 57.3 cm³/mol. The molecule has 0 aromatic carbocycles. The first-order valence-corrected chi connectivity index (χ1v) is 5.01. The number of ether oxygens (including phenoxy) is 1. The third-order valence-corrected chi connectivity index (χ3v) is 2.02. The van der Waals surface area contributed by atoms with Gasteiger partial charge in [-0.05, 0) is 31.5 Å². The zero-order valence-electron chi connectivity index (χ0n) is 9.06. The molecule has 1 aromatic heterocycles. The number of carbonyl (C=O) groups is 1. The van der Waals surface area contributed by atoms with Gasteiger partial charge >= 0.3 is 0 Å². The van der Waals surface area contributed by atoms with Crippen LogP contribution in [0.4, 0.5) is 0 Å². The second-order valence-corrected chi connectivity index (χ2v) is 3.21. The van der Waals surface area contributed by atoms with Crippen molar-refractivity contribution in [1.82, 2.24) is 10.3 Å². The first-order chi connectivity index (χ1) is 7.24. The molecule has 4 heteroatoms. The third kappa shape index (κ3) is 4.08. The molecule has 0 saturated heterocycles. The molecule has 0 aliphatic heterocycles. The number of hydrogen-bond acceptors (Lipinski definition) is 3. The minimum absolute atomic E-state index is 0.0130. The van der Waals surface area contributed by atoms with Crippen molar-refractivity contribution in [3.63, 3.8) is 0 Å². The molecule has 0 saturated carbocycles. The summed E-state index contributed by atoms with van der Waals surface area (Å²) in [6.07, 6.45) is 3.42. The number of nitrogens with zero attached hydrogens (tertiary/aromatic N) is 1. The third-order valence-electron chi connectivity index (χ3n) is 2.02. The van der Waals surface area contributed by atoms with Gasteiger partial charge in [-0.25, -0.2) is 0 Å². The van der Waals surface area contributed by atoms with Crippen molar-refractivity contribution in [2.45, 2.75) is 19.9 Å². The number of hydrogen-bond donors (Lipinski definition) is 1. The van der Waals surface area contributed by atoms with Crippen molar-refractivity contribution < 1.29 is 9.53 Å².